The third-order valence-corrected chi connectivity index (χ3v) is 2.65. The van der Waals surface area contributed by atoms with Gasteiger partial charge in [0.2, 0.25) is 0 Å². The van der Waals surface area contributed by atoms with E-state index in [1.807, 2.05) is 13.8 Å². The summed E-state index contributed by atoms with van der Waals surface area (Å²) in [6.45, 7) is 5.04. The highest BCUT2D eigenvalue weighted by molar-refractivity contribution is 7.80. The van der Waals surface area contributed by atoms with Gasteiger partial charge in [0, 0.05) is 19.2 Å². The van der Waals surface area contributed by atoms with E-state index in [-0.39, 0.29) is 10.9 Å². The van der Waals surface area contributed by atoms with Gasteiger partial charge < -0.3 is 10.1 Å². The Kier molecular flexibility index (Phi) is 3.96. The smallest absolute Gasteiger partial charge is 0.261 e. The Balaban J connectivity index is 3.05. The van der Waals surface area contributed by atoms with Crippen molar-refractivity contribution in [2.24, 2.45) is 0 Å². The van der Waals surface area contributed by atoms with Gasteiger partial charge >= 0.3 is 0 Å². The second kappa shape index (κ2) is 5.02. The van der Waals surface area contributed by atoms with Crippen molar-refractivity contribution in [1.82, 2.24) is 4.90 Å². The van der Waals surface area contributed by atoms with Gasteiger partial charge in [-0.15, -0.1) is 0 Å². The Morgan fingerprint density at radius 2 is 2.13 bits per heavy atom. The fourth-order valence-corrected chi connectivity index (χ4v) is 1.57. The normalized spacial score (nSPS) is 10.1. The first-order valence-corrected chi connectivity index (χ1v) is 5.26. The number of thiol groups is 1. The lowest BCUT2D eigenvalue weighted by Crippen LogP contribution is -2.35. The van der Waals surface area contributed by atoms with Gasteiger partial charge in [0.1, 0.15) is 5.56 Å². The molecule has 0 fully saturated rings. The van der Waals surface area contributed by atoms with Crippen LogP contribution in [0.2, 0.25) is 0 Å². The van der Waals surface area contributed by atoms with E-state index in [0.29, 0.717) is 23.4 Å². The van der Waals surface area contributed by atoms with Gasteiger partial charge in [-0.25, -0.2) is 0 Å². The highest BCUT2D eigenvalue weighted by atomic mass is 32.1. The summed E-state index contributed by atoms with van der Waals surface area (Å²) in [5, 5.41) is 11.4. The lowest BCUT2D eigenvalue weighted by atomic mass is 10.2. The lowest BCUT2D eigenvalue weighted by Gasteiger charge is -2.18. The molecule has 0 saturated heterocycles. The zero-order chi connectivity index (χ0) is 11.4. The van der Waals surface area contributed by atoms with Crippen molar-refractivity contribution < 1.29 is 9.52 Å². The molecule has 1 aromatic heterocycles. The molecule has 0 aliphatic carbocycles. The first-order valence-electron chi connectivity index (χ1n) is 4.82. The number of hydrogen-bond donors (Lipinski definition) is 1. The van der Waals surface area contributed by atoms with Gasteiger partial charge in [0.25, 0.3) is 10.9 Å². The van der Waals surface area contributed by atoms with Gasteiger partial charge in [0.05, 0.1) is 0 Å². The first-order chi connectivity index (χ1) is 7.11. The molecule has 4 nitrogen and oxygen atoms in total. The van der Waals surface area contributed by atoms with Crippen molar-refractivity contribution in [2.45, 2.75) is 18.9 Å². The molecule has 0 aliphatic rings. The van der Waals surface area contributed by atoms with Crippen LogP contribution in [-0.4, -0.2) is 23.9 Å². The number of carbonyl (C=O) groups is 1. The van der Waals surface area contributed by atoms with Gasteiger partial charge in [-0.05, 0) is 19.9 Å². The Morgan fingerprint density at radius 3 is 2.67 bits per heavy atom. The molecule has 1 rings (SSSR count). The van der Waals surface area contributed by atoms with Gasteiger partial charge in [-0.3, -0.25) is 4.79 Å². The summed E-state index contributed by atoms with van der Waals surface area (Å²) in [4.78, 5) is 13.6. The molecule has 1 aromatic rings. The average molecular weight is 226 g/mol. The molecule has 0 unspecified atom stereocenters. The van der Waals surface area contributed by atoms with Gasteiger partial charge in [-0.2, -0.15) is 4.73 Å². The van der Waals surface area contributed by atoms with E-state index >= 15 is 0 Å². The van der Waals surface area contributed by atoms with Crippen LogP contribution in [0.15, 0.2) is 23.4 Å². The third kappa shape index (κ3) is 2.41. The van der Waals surface area contributed by atoms with Crippen LogP contribution >= 0.6 is 12.6 Å². The molecule has 82 valence electrons. The van der Waals surface area contributed by atoms with E-state index in [4.69, 9.17) is 0 Å². The van der Waals surface area contributed by atoms with E-state index < -0.39 is 0 Å². The van der Waals surface area contributed by atoms with Crippen molar-refractivity contribution >= 4 is 18.5 Å². The molecule has 1 amide bonds. The molecule has 0 aromatic carbocycles. The number of hydrogen-bond acceptors (Lipinski definition) is 3. The average Bonchev–Trinajstić information content (AvgIpc) is 2.23. The summed E-state index contributed by atoms with van der Waals surface area (Å²) in [5.41, 5.74) is 0.347. The van der Waals surface area contributed by atoms with Crippen LogP contribution in [0.25, 0.3) is 0 Å². The van der Waals surface area contributed by atoms with Crippen LogP contribution in [0.3, 0.4) is 0 Å². The predicted molar refractivity (Wildman–Crippen MR) is 59.9 cm³/mol. The maximum Gasteiger partial charge on any atom is 0.261 e. The minimum absolute atomic E-state index is 0.148. The Bertz CT molecular complexity index is 364. The van der Waals surface area contributed by atoms with E-state index in [1.165, 1.54) is 6.20 Å². The minimum Gasteiger partial charge on any atom is -0.618 e. The monoisotopic (exact) mass is 226 g/mol. The number of amides is 1. The molecular formula is C10H14N2O2S. The summed E-state index contributed by atoms with van der Waals surface area (Å²) >= 11 is 4.03. The van der Waals surface area contributed by atoms with Crippen LogP contribution in [-0.2, 0) is 0 Å². The molecule has 15 heavy (non-hydrogen) atoms. The quantitative estimate of drug-likeness (QED) is 0.476. The highest BCUT2D eigenvalue weighted by Gasteiger charge is 2.19. The second-order valence-electron chi connectivity index (χ2n) is 3.05. The zero-order valence-electron chi connectivity index (χ0n) is 8.80. The Morgan fingerprint density at radius 1 is 1.53 bits per heavy atom. The predicted octanol–water partition coefficient (Wildman–Crippen LogP) is 1.09. The largest absolute Gasteiger partial charge is 0.618 e. The molecule has 0 spiro atoms. The molecule has 0 atom stereocenters. The molecule has 5 heteroatoms. The standard InChI is InChI=1S/C10H14N2O2S/c1-3-11(4-2)9(13)8-6-5-7-12(14)10(8)15/h5-7,15H,3-4H2,1-2H3. The maximum atomic E-state index is 11.9. The molecule has 0 N–H and O–H groups in total. The number of carbonyl (C=O) groups excluding carboxylic acids is 1. The molecule has 0 saturated carbocycles. The van der Waals surface area contributed by atoms with Crippen LogP contribution in [0, 0.1) is 5.21 Å². The lowest BCUT2D eigenvalue weighted by molar-refractivity contribution is -0.645. The molecule has 1 heterocycles. The van der Waals surface area contributed by atoms with Crippen LogP contribution in [0.5, 0.6) is 0 Å². The summed E-state index contributed by atoms with van der Waals surface area (Å²) < 4.78 is 0.583. The zero-order valence-corrected chi connectivity index (χ0v) is 9.70. The van der Waals surface area contributed by atoms with Crippen molar-refractivity contribution in [3.05, 3.63) is 29.1 Å². The Hall–Kier alpha value is -1.23. The van der Waals surface area contributed by atoms with Crippen LogP contribution in [0.4, 0.5) is 0 Å². The molecule has 0 radical (unpaired) electrons. The first kappa shape index (κ1) is 11.8. The minimum atomic E-state index is -0.157. The summed E-state index contributed by atoms with van der Waals surface area (Å²) in [5.74, 6) is -0.157. The second-order valence-corrected chi connectivity index (χ2v) is 3.47. The summed E-state index contributed by atoms with van der Waals surface area (Å²) in [7, 11) is 0. The van der Waals surface area contributed by atoms with Gasteiger partial charge in [-0.1, -0.05) is 12.6 Å². The maximum absolute atomic E-state index is 11.9. The Labute approximate surface area is 94.5 Å². The summed E-state index contributed by atoms with van der Waals surface area (Å²) in [6.07, 6.45) is 1.32. The fourth-order valence-electron chi connectivity index (χ4n) is 1.33. The van der Waals surface area contributed by atoms with Crippen LogP contribution < -0.4 is 4.73 Å². The van der Waals surface area contributed by atoms with Crippen molar-refractivity contribution in [3.8, 4) is 0 Å². The van der Waals surface area contributed by atoms with Crippen molar-refractivity contribution in [3.63, 3.8) is 0 Å². The highest BCUT2D eigenvalue weighted by Crippen LogP contribution is 2.11. The number of rotatable bonds is 3. The summed E-state index contributed by atoms with van der Waals surface area (Å²) in [6, 6.07) is 3.15. The van der Waals surface area contributed by atoms with Crippen molar-refractivity contribution in [2.75, 3.05) is 13.1 Å². The molecular weight excluding hydrogens is 212 g/mol. The van der Waals surface area contributed by atoms with Crippen molar-refractivity contribution in [1.29, 1.82) is 0 Å². The van der Waals surface area contributed by atoms with E-state index in [0.717, 1.165) is 0 Å². The SMILES string of the molecule is CCN(CC)C(=O)c1ccc[n+]([O-])c1S. The van der Waals surface area contributed by atoms with Gasteiger partial charge in [0.15, 0.2) is 6.20 Å². The van der Waals surface area contributed by atoms with E-state index in [9.17, 15) is 10.0 Å². The topological polar surface area (TPSA) is 47.2 Å². The van der Waals surface area contributed by atoms with Crippen LogP contribution in [0.1, 0.15) is 24.2 Å². The number of pyridine rings is 1. The number of aromatic nitrogens is 1. The van der Waals surface area contributed by atoms with E-state index in [1.54, 1.807) is 17.0 Å². The third-order valence-electron chi connectivity index (χ3n) is 2.22. The number of nitrogens with zero attached hydrogens (tertiary/aromatic N) is 2. The fraction of sp³-hybridized carbons (Fsp3) is 0.400. The molecule has 0 aliphatic heterocycles. The molecule has 0 bridgehead atoms. The van der Waals surface area contributed by atoms with E-state index in [2.05, 4.69) is 12.6 Å².